The number of benzene rings is 3. The summed E-state index contributed by atoms with van der Waals surface area (Å²) in [6, 6.07) is 15.4. The Hall–Kier alpha value is -3.16. The van der Waals surface area contributed by atoms with E-state index in [1.165, 1.54) is 31.2 Å². The number of likely N-dealkylation sites (tertiary alicyclic amines) is 1. The maximum absolute atomic E-state index is 14.3. The van der Waals surface area contributed by atoms with Crippen molar-refractivity contribution in [3.05, 3.63) is 98.5 Å². The highest BCUT2D eigenvalue weighted by atomic mass is 35.5. The number of nitrogens with zero attached hydrogens (tertiary/aromatic N) is 1. The van der Waals surface area contributed by atoms with Crippen LogP contribution in [0.4, 0.5) is 13.2 Å². The lowest BCUT2D eigenvalue weighted by Gasteiger charge is -2.33. The van der Waals surface area contributed by atoms with Crippen molar-refractivity contribution in [2.24, 2.45) is 0 Å². The molecule has 3 aromatic rings. The molecule has 1 atom stereocenters. The van der Waals surface area contributed by atoms with E-state index >= 15 is 0 Å². The van der Waals surface area contributed by atoms with Crippen molar-refractivity contribution in [3.63, 3.8) is 0 Å². The minimum Gasteiger partial charge on any atom is -0.461 e. The van der Waals surface area contributed by atoms with Gasteiger partial charge < -0.3 is 14.8 Å². The fraction of sp³-hybridized carbons (Fsp3) is 0.412. The topological polar surface area (TPSA) is 102 Å². The average molecular weight is 730 g/mol. The molecule has 1 N–H and O–H groups in total. The third-order valence-electron chi connectivity index (χ3n) is 7.91. The molecule has 1 aliphatic rings. The summed E-state index contributed by atoms with van der Waals surface area (Å²) in [5.74, 6) is -1.38. The van der Waals surface area contributed by atoms with Gasteiger partial charge in [0.25, 0.3) is 5.91 Å². The highest BCUT2D eigenvalue weighted by molar-refractivity contribution is 7.91. The van der Waals surface area contributed by atoms with Crippen molar-refractivity contribution >= 4 is 44.9 Å². The summed E-state index contributed by atoms with van der Waals surface area (Å²) >= 11 is 12.4. The summed E-state index contributed by atoms with van der Waals surface area (Å²) in [6.07, 6.45) is -2.98. The number of carbonyl (C=O) groups is 2. The number of nitrogens with one attached hydrogen (secondary N) is 1. The van der Waals surface area contributed by atoms with Crippen LogP contribution in [0.25, 0.3) is 0 Å². The Morgan fingerprint density at radius 1 is 1.06 bits per heavy atom. The molecule has 0 bridgehead atoms. The van der Waals surface area contributed by atoms with E-state index < -0.39 is 27.5 Å². The normalized spacial score (nSPS) is 15.7. The van der Waals surface area contributed by atoms with Crippen molar-refractivity contribution in [2.45, 2.75) is 69.5 Å². The summed E-state index contributed by atoms with van der Waals surface area (Å²) in [5.41, 5.74) is -0.408. The molecule has 0 radical (unpaired) electrons. The minimum absolute atomic E-state index is 0.0239. The Morgan fingerprint density at radius 2 is 1.81 bits per heavy atom. The van der Waals surface area contributed by atoms with Crippen LogP contribution in [-0.4, -0.2) is 56.7 Å². The Bertz CT molecular complexity index is 1690. The van der Waals surface area contributed by atoms with Crippen molar-refractivity contribution in [2.75, 3.05) is 25.4 Å². The molecule has 14 heteroatoms. The van der Waals surface area contributed by atoms with Crippen LogP contribution in [0.1, 0.15) is 65.2 Å². The highest BCUT2D eigenvalue weighted by Crippen LogP contribution is 2.37. The Balaban J connectivity index is 1.35. The lowest BCUT2D eigenvalue weighted by atomic mass is 10.0. The van der Waals surface area contributed by atoms with E-state index in [-0.39, 0.29) is 75.6 Å². The molecular weight excluding hydrogens is 692 g/mol. The zero-order chi connectivity index (χ0) is 34.9. The van der Waals surface area contributed by atoms with Gasteiger partial charge in [-0.3, -0.25) is 14.5 Å². The first-order valence-corrected chi connectivity index (χ1v) is 17.9. The van der Waals surface area contributed by atoms with Gasteiger partial charge in [0.05, 0.1) is 22.3 Å². The van der Waals surface area contributed by atoms with E-state index in [0.717, 1.165) is 18.1 Å². The van der Waals surface area contributed by atoms with Crippen molar-refractivity contribution in [1.29, 1.82) is 0 Å². The number of sulfone groups is 1. The molecule has 0 spiro atoms. The van der Waals surface area contributed by atoms with Gasteiger partial charge in [-0.15, -0.1) is 0 Å². The molecule has 0 aromatic heterocycles. The summed E-state index contributed by atoms with van der Waals surface area (Å²) in [5, 5.41) is 2.52. The van der Waals surface area contributed by atoms with E-state index in [0.29, 0.717) is 32.5 Å². The molecule has 8 nitrogen and oxygen atoms in total. The van der Waals surface area contributed by atoms with Crippen LogP contribution in [0.5, 0.6) is 0 Å². The second-order valence-corrected chi connectivity index (χ2v) is 14.5. The van der Waals surface area contributed by atoms with Gasteiger partial charge in [0.2, 0.25) is 0 Å². The van der Waals surface area contributed by atoms with Crippen LogP contribution in [0.3, 0.4) is 0 Å². The number of hydrogen-bond acceptors (Lipinski definition) is 7. The van der Waals surface area contributed by atoms with E-state index in [9.17, 15) is 31.2 Å². The zero-order valence-corrected chi connectivity index (χ0v) is 28.7. The van der Waals surface area contributed by atoms with Crippen LogP contribution in [0.15, 0.2) is 65.6 Å². The predicted molar refractivity (Wildman–Crippen MR) is 177 cm³/mol. The van der Waals surface area contributed by atoms with Crippen LogP contribution >= 0.6 is 23.2 Å². The molecule has 1 heterocycles. The van der Waals surface area contributed by atoms with Crippen LogP contribution in [0, 0.1) is 0 Å². The largest absolute Gasteiger partial charge is 0.461 e. The molecule has 0 saturated carbocycles. The second kappa shape index (κ2) is 17.0. The van der Waals surface area contributed by atoms with Crippen LogP contribution < -0.4 is 5.32 Å². The lowest BCUT2D eigenvalue weighted by Crippen LogP contribution is -2.39. The quantitative estimate of drug-likeness (QED) is 0.138. The number of hydrogen-bond donors (Lipinski definition) is 1. The molecular formula is C34H37Cl2F3N2O6S. The van der Waals surface area contributed by atoms with Crippen molar-refractivity contribution < 1.29 is 40.7 Å². The fourth-order valence-electron chi connectivity index (χ4n) is 5.40. The SMILES string of the molecule is CCS(=O)(=O)c1ccc(Cl)cc1CNC(=O)c1cc(Cl)c(CN2CCC[C@H](OCCCC(=O)OCc3ccccc3)C2)c(C(F)(F)F)c1. The molecule has 1 amide bonds. The van der Waals surface area contributed by atoms with Crippen LogP contribution in [0.2, 0.25) is 10.0 Å². The minimum atomic E-state index is -4.80. The highest BCUT2D eigenvalue weighted by Gasteiger charge is 2.36. The third-order valence-corrected chi connectivity index (χ3v) is 10.3. The van der Waals surface area contributed by atoms with Gasteiger partial charge in [-0.25, -0.2) is 8.42 Å². The summed E-state index contributed by atoms with van der Waals surface area (Å²) < 4.78 is 79.1. The number of carbonyl (C=O) groups excluding carboxylic acids is 2. The summed E-state index contributed by atoms with van der Waals surface area (Å²) in [7, 11) is -3.65. The van der Waals surface area contributed by atoms with E-state index in [4.69, 9.17) is 32.7 Å². The first kappa shape index (κ1) is 37.7. The molecule has 0 unspecified atom stereocenters. The maximum atomic E-state index is 14.3. The molecule has 48 heavy (non-hydrogen) atoms. The van der Waals surface area contributed by atoms with Gasteiger partial charge in [0.1, 0.15) is 6.61 Å². The number of amides is 1. The second-order valence-electron chi connectivity index (χ2n) is 11.4. The van der Waals surface area contributed by atoms with Gasteiger partial charge in [-0.2, -0.15) is 13.2 Å². The third kappa shape index (κ3) is 10.7. The van der Waals surface area contributed by atoms with Crippen molar-refractivity contribution in [1.82, 2.24) is 10.2 Å². The van der Waals surface area contributed by atoms with Gasteiger partial charge >= 0.3 is 12.1 Å². The van der Waals surface area contributed by atoms with E-state index in [1.54, 1.807) is 0 Å². The molecule has 260 valence electrons. The first-order valence-electron chi connectivity index (χ1n) is 15.5. The predicted octanol–water partition coefficient (Wildman–Crippen LogP) is 7.24. The summed E-state index contributed by atoms with van der Waals surface area (Å²) in [4.78, 5) is 26.9. The molecule has 1 fully saturated rings. The monoisotopic (exact) mass is 728 g/mol. The Labute approximate surface area is 288 Å². The number of esters is 1. The van der Waals surface area contributed by atoms with E-state index in [1.807, 2.05) is 35.2 Å². The molecule has 0 aliphatic carbocycles. The maximum Gasteiger partial charge on any atom is 0.416 e. The van der Waals surface area contributed by atoms with Gasteiger partial charge in [0.15, 0.2) is 9.84 Å². The summed E-state index contributed by atoms with van der Waals surface area (Å²) in [6.45, 7) is 2.49. The molecule has 1 aliphatic heterocycles. The molecule has 3 aromatic carbocycles. The molecule has 1 saturated heterocycles. The number of halogens is 5. The average Bonchev–Trinajstić information content (AvgIpc) is 3.05. The molecule has 4 rings (SSSR count). The smallest absolute Gasteiger partial charge is 0.416 e. The Morgan fingerprint density at radius 3 is 2.52 bits per heavy atom. The van der Waals surface area contributed by atoms with Crippen molar-refractivity contribution in [3.8, 4) is 0 Å². The van der Waals surface area contributed by atoms with Gasteiger partial charge in [0, 0.05) is 48.3 Å². The fourth-order valence-corrected chi connectivity index (χ4v) is 6.99. The number of ether oxygens (including phenoxy) is 2. The number of piperidine rings is 1. The van der Waals surface area contributed by atoms with Crippen LogP contribution in [-0.2, 0) is 50.0 Å². The first-order chi connectivity index (χ1) is 22.8. The van der Waals surface area contributed by atoms with E-state index in [2.05, 4.69) is 5.32 Å². The van der Waals surface area contributed by atoms with Gasteiger partial charge in [-0.1, -0.05) is 60.5 Å². The standard InChI is InChI=1S/C34H37Cl2F3N2O6S/c1-2-48(44,45)31-13-12-26(35)16-25(31)19-40-33(43)24-17-29(34(37,38)39)28(30(36)18-24)21-41-14-6-10-27(20-41)46-15-7-11-32(42)47-22-23-8-4-3-5-9-23/h3-5,8-9,12-13,16-18,27H,2,6-7,10-11,14-15,19-22H2,1H3,(H,40,43)/t27-/m0/s1. The lowest BCUT2D eigenvalue weighted by molar-refractivity contribution is -0.145. The number of rotatable bonds is 14. The number of alkyl halides is 3. The Kier molecular flexibility index (Phi) is 13.3. The van der Waals surface area contributed by atoms with Gasteiger partial charge in [-0.05, 0) is 72.8 Å². The zero-order valence-electron chi connectivity index (χ0n) is 26.3.